The van der Waals surface area contributed by atoms with Crippen LogP contribution in [0.1, 0.15) is 84.0 Å². The van der Waals surface area contributed by atoms with E-state index in [9.17, 15) is 5.11 Å². The molecule has 0 radical (unpaired) electrons. The normalized spacial score (nSPS) is 16.8. The molecule has 2 heteroatoms. The molecule has 0 aromatic rings. The molecular formula is C17H32O2. The summed E-state index contributed by atoms with van der Waals surface area (Å²) in [6, 6.07) is 0. The Balaban J connectivity index is 1.88. The molecule has 1 aliphatic rings. The summed E-state index contributed by atoms with van der Waals surface area (Å²) in [6.45, 7) is 3.08. The van der Waals surface area contributed by atoms with Crippen molar-refractivity contribution in [3.63, 3.8) is 0 Å². The Morgan fingerprint density at radius 3 is 2.26 bits per heavy atom. The van der Waals surface area contributed by atoms with Gasteiger partial charge in [0.15, 0.2) is 0 Å². The predicted octanol–water partition coefficient (Wildman–Crippen LogP) is 4.96. The van der Waals surface area contributed by atoms with Gasteiger partial charge in [-0.2, -0.15) is 0 Å². The highest BCUT2D eigenvalue weighted by Crippen LogP contribution is 2.20. The lowest BCUT2D eigenvalue weighted by molar-refractivity contribution is 0.160. The summed E-state index contributed by atoms with van der Waals surface area (Å²) in [4.78, 5) is 0. The lowest BCUT2D eigenvalue weighted by Crippen LogP contribution is -2.14. The van der Waals surface area contributed by atoms with Crippen molar-refractivity contribution in [2.75, 3.05) is 6.61 Å². The number of aliphatic hydroxyl groups is 1. The molecule has 0 aromatic carbocycles. The maximum atomic E-state index is 10.0. The molecule has 1 heterocycles. The van der Waals surface area contributed by atoms with Crippen LogP contribution in [0.4, 0.5) is 0 Å². The standard InChI is InChI=1S/C17H32O2/c1-2-3-4-5-6-7-8-9-10-13-17(18)16-12-11-14-19-15-16/h15,17-18H,2-14H2,1H3. The zero-order valence-corrected chi connectivity index (χ0v) is 12.7. The minimum absolute atomic E-state index is 0.259. The summed E-state index contributed by atoms with van der Waals surface area (Å²) >= 11 is 0. The van der Waals surface area contributed by atoms with Gasteiger partial charge in [0.05, 0.1) is 19.0 Å². The molecule has 112 valence electrons. The topological polar surface area (TPSA) is 29.5 Å². The third kappa shape index (κ3) is 8.30. The van der Waals surface area contributed by atoms with Crippen LogP contribution in [0.15, 0.2) is 11.8 Å². The van der Waals surface area contributed by atoms with Crippen molar-refractivity contribution in [1.82, 2.24) is 0 Å². The van der Waals surface area contributed by atoms with Gasteiger partial charge in [0.25, 0.3) is 0 Å². The van der Waals surface area contributed by atoms with Gasteiger partial charge in [-0.15, -0.1) is 0 Å². The minimum Gasteiger partial charge on any atom is -0.501 e. The molecule has 0 aromatic heterocycles. The maximum Gasteiger partial charge on any atom is 0.0876 e. The second-order valence-electron chi connectivity index (χ2n) is 5.80. The number of ether oxygens (including phenoxy) is 1. The summed E-state index contributed by atoms with van der Waals surface area (Å²) in [6.07, 6.45) is 16.5. The summed E-state index contributed by atoms with van der Waals surface area (Å²) in [5.41, 5.74) is 1.10. The molecule has 0 amide bonds. The highest BCUT2D eigenvalue weighted by Gasteiger charge is 2.13. The van der Waals surface area contributed by atoms with E-state index in [-0.39, 0.29) is 6.10 Å². The first-order chi connectivity index (χ1) is 9.34. The quantitative estimate of drug-likeness (QED) is 0.536. The maximum absolute atomic E-state index is 10.0. The van der Waals surface area contributed by atoms with Crippen LogP contribution in [0.2, 0.25) is 0 Å². The Kier molecular flexibility index (Phi) is 9.88. The van der Waals surface area contributed by atoms with Gasteiger partial charge in [-0.05, 0) is 24.8 Å². The Hall–Kier alpha value is -0.500. The van der Waals surface area contributed by atoms with E-state index in [1.807, 2.05) is 0 Å². The van der Waals surface area contributed by atoms with Gasteiger partial charge in [-0.3, -0.25) is 0 Å². The van der Waals surface area contributed by atoms with Crippen molar-refractivity contribution in [3.8, 4) is 0 Å². The second-order valence-corrected chi connectivity index (χ2v) is 5.80. The van der Waals surface area contributed by atoms with E-state index in [1.54, 1.807) is 6.26 Å². The lowest BCUT2D eigenvalue weighted by Gasteiger charge is -2.18. The van der Waals surface area contributed by atoms with E-state index < -0.39 is 0 Å². The molecule has 1 unspecified atom stereocenters. The summed E-state index contributed by atoms with van der Waals surface area (Å²) in [5.74, 6) is 0. The summed E-state index contributed by atoms with van der Waals surface area (Å²) < 4.78 is 5.27. The Labute approximate surface area is 119 Å². The predicted molar refractivity (Wildman–Crippen MR) is 81.1 cm³/mol. The number of rotatable bonds is 11. The van der Waals surface area contributed by atoms with Gasteiger partial charge in [0, 0.05) is 0 Å². The van der Waals surface area contributed by atoms with Gasteiger partial charge < -0.3 is 9.84 Å². The van der Waals surface area contributed by atoms with Gasteiger partial charge in [0.1, 0.15) is 0 Å². The van der Waals surface area contributed by atoms with Crippen molar-refractivity contribution in [2.24, 2.45) is 0 Å². The Morgan fingerprint density at radius 2 is 1.68 bits per heavy atom. The van der Waals surface area contributed by atoms with Gasteiger partial charge in [-0.25, -0.2) is 0 Å². The highest BCUT2D eigenvalue weighted by molar-refractivity contribution is 5.06. The molecule has 1 N–H and O–H groups in total. The molecule has 0 spiro atoms. The number of unbranched alkanes of at least 4 members (excludes halogenated alkanes) is 8. The minimum atomic E-state index is -0.259. The molecule has 0 saturated carbocycles. The van der Waals surface area contributed by atoms with E-state index >= 15 is 0 Å². The van der Waals surface area contributed by atoms with E-state index in [2.05, 4.69) is 6.92 Å². The molecular weight excluding hydrogens is 236 g/mol. The van der Waals surface area contributed by atoms with Gasteiger partial charge >= 0.3 is 0 Å². The molecule has 0 saturated heterocycles. The first kappa shape index (κ1) is 16.6. The van der Waals surface area contributed by atoms with Crippen molar-refractivity contribution in [1.29, 1.82) is 0 Å². The largest absolute Gasteiger partial charge is 0.501 e. The number of aliphatic hydroxyl groups excluding tert-OH is 1. The highest BCUT2D eigenvalue weighted by atomic mass is 16.5. The Morgan fingerprint density at radius 1 is 1.05 bits per heavy atom. The van der Waals surface area contributed by atoms with Crippen LogP contribution < -0.4 is 0 Å². The third-order valence-corrected chi connectivity index (χ3v) is 3.97. The molecule has 19 heavy (non-hydrogen) atoms. The average Bonchev–Trinajstić information content (AvgIpc) is 2.46. The van der Waals surface area contributed by atoms with Crippen LogP contribution in [-0.2, 0) is 4.74 Å². The van der Waals surface area contributed by atoms with Crippen molar-refractivity contribution in [2.45, 2.75) is 90.1 Å². The smallest absolute Gasteiger partial charge is 0.0876 e. The summed E-state index contributed by atoms with van der Waals surface area (Å²) in [7, 11) is 0. The molecule has 1 rings (SSSR count). The zero-order chi connectivity index (χ0) is 13.8. The Bertz CT molecular complexity index is 235. The fraction of sp³-hybridized carbons (Fsp3) is 0.882. The van der Waals surface area contributed by atoms with Crippen molar-refractivity contribution >= 4 is 0 Å². The van der Waals surface area contributed by atoms with Crippen LogP contribution in [0, 0.1) is 0 Å². The van der Waals surface area contributed by atoms with Crippen LogP contribution in [-0.4, -0.2) is 17.8 Å². The third-order valence-electron chi connectivity index (χ3n) is 3.97. The van der Waals surface area contributed by atoms with E-state index in [0.717, 1.165) is 37.9 Å². The molecule has 1 atom stereocenters. The first-order valence-corrected chi connectivity index (χ1v) is 8.33. The van der Waals surface area contributed by atoms with Gasteiger partial charge in [-0.1, -0.05) is 64.7 Å². The second kappa shape index (κ2) is 11.3. The zero-order valence-electron chi connectivity index (χ0n) is 12.7. The lowest BCUT2D eigenvalue weighted by atomic mass is 9.99. The summed E-state index contributed by atoms with van der Waals surface area (Å²) in [5, 5.41) is 10.0. The molecule has 0 bridgehead atoms. The molecule has 2 nitrogen and oxygen atoms in total. The molecule has 1 aliphatic heterocycles. The molecule has 0 fully saturated rings. The van der Waals surface area contributed by atoms with Crippen molar-refractivity contribution in [3.05, 3.63) is 11.8 Å². The SMILES string of the molecule is CCCCCCCCCCCC(O)C1=COCCC1. The number of hydrogen-bond acceptors (Lipinski definition) is 2. The first-order valence-electron chi connectivity index (χ1n) is 8.33. The average molecular weight is 268 g/mol. The van der Waals surface area contributed by atoms with E-state index in [0.29, 0.717) is 0 Å². The van der Waals surface area contributed by atoms with Crippen LogP contribution in [0.5, 0.6) is 0 Å². The van der Waals surface area contributed by atoms with E-state index in [4.69, 9.17) is 4.74 Å². The van der Waals surface area contributed by atoms with Crippen molar-refractivity contribution < 1.29 is 9.84 Å². The van der Waals surface area contributed by atoms with Crippen LogP contribution >= 0.6 is 0 Å². The van der Waals surface area contributed by atoms with Gasteiger partial charge in [0.2, 0.25) is 0 Å². The fourth-order valence-corrected chi connectivity index (χ4v) is 2.66. The van der Waals surface area contributed by atoms with E-state index in [1.165, 1.54) is 51.4 Å². The van der Waals surface area contributed by atoms with Crippen LogP contribution in [0.3, 0.4) is 0 Å². The fourth-order valence-electron chi connectivity index (χ4n) is 2.66. The van der Waals surface area contributed by atoms with Crippen LogP contribution in [0.25, 0.3) is 0 Å². The number of hydrogen-bond donors (Lipinski definition) is 1. The monoisotopic (exact) mass is 268 g/mol. The molecule has 0 aliphatic carbocycles.